The third-order valence-electron chi connectivity index (χ3n) is 6.15. The van der Waals surface area contributed by atoms with Crippen molar-refractivity contribution in [1.29, 1.82) is 0 Å². The summed E-state index contributed by atoms with van der Waals surface area (Å²) in [5.41, 5.74) is 0. The molecular weight excluding hydrogens is 352 g/mol. The van der Waals surface area contributed by atoms with Crippen LogP contribution in [0.5, 0.6) is 0 Å². The first-order chi connectivity index (χ1) is 13.7. The van der Waals surface area contributed by atoms with Crippen molar-refractivity contribution in [3.8, 4) is 0 Å². The standard InChI is InChI=1S/C22H36N4O2/c1-2-3-13-25-17-12-23-22(25)19-9-8-16-26(18-19)21(28)11-10-20(27)24-14-6-4-5-7-15-24/h12,17,19H,2-11,13-16,18H2,1H3/t19-/m1/s1. The van der Waals surface area contributed by atoms with Crippen LogP contribution < -0.4 is 0 Å². The summed E-state index contributed by atoms with van der Waals surface area (Å²) < 4.78 is 2.25. The average Bonchev–Trinajstić information content (AvgIpc) is 3.02. The molecule has 2 aliphatic rings. The smallest absolute Gasteiger partial charge is 0.223 e. The molecule has 1 atom stereocenters. The van der Waals surface area contributed by atoms with E-state index < -0.39 is 0 Å². The van der Waals surface area contributed by atoms with Crippen LogP contribution in [0.2, 0.25) is 0 Å². The lowest BCUT2D eigenvalue weighted by molar-refractivity contribution is -0.137. The predicted octanol–water partition coefficient (Wildman–Crippen LogP) is 3.57. The molecule has 0 spiro atoms. The van der Waals surface area contributed by atoms with E-state index >= 15 is 0 Å². The highest BCUT2D eigenvalue weighted by atomic mass is 16.2. The Bertz CT molecular complexity index is 634. The molecular formula is C22H36N4O2. The Morgan fingerprint density at radius 1 is 1.00 bits per heavy atom. The number of carbonyl (C=O) groups is 2. The van der Waals surface area contributed by atoms with Gasteiger partial charge in [-0.1, -0.05) is 26.2 Å². The summed E-state index contributed by atoms with van der Waals surface area (Å²) in [5, 5.41) is 0. The summed E-state index contributed by atoms with van der Waals surface area (Å²) in [7, 11) is 0. The zero-order chi connectivity index (χ0) is 19.8. The first kappa shape index (κ1) is 20.9. The molecule has 1 aromatic heterocycles. The topological polar surface area (TPSA) is 58.4 Å². The summed E-state index contributed by atoms with van der Waals surface area (Å²) in [6.07, 6.45) is 13.7. The van der Waals surface area contributed by atoms with Crippen molar-refractivity contribution in [1.82, 2.24) is 19.4 Å². The van der Waals surface area contributed by atoms with Crippen LogP contribution in [0, 0.1) is 0 Å². The molecule has 0 N–H and O–H groups in total. The van der Waals surface area contributed by atoms with E-state index in [-0.39, 0.29) is 11.8 Å². The fourth-order valence-electron chi connectivity index (χ4n) is 4.46. The number of piperidine rings is 1. The zero-order valence-corrected chi connectivity index (χ0v) is 17.4. The lowest BCUT2D eigenvalue weighted by Gasteiger charge is -2.33. The zero-order valence-electron chi connectivity index (χ0n) is 17.4. The van der Waals surface area contributed by atoms with Crippen LogP contribution >= 0.6 is 0 Å². The highest BCUT2D eigenvalue weighted by molar-refractivity contribution is 5.84. The van der Waals surface area contributed by atoms with Crippen LogP contribution in [0.3, 0.4) is 0 Å². The number of hydrogen-bond donors (Lipinski definition) is 0. The molecule has 2 aliphatic heterocycles. The van der Waals surface area contributed by atoms with Crippen LogP contribution in [0.1, 0.15) is 82.9 Å². The van der Waals surface area contributed by atoms with Gasteiger partial charge in [0.25, 0.3) is 0 Å². The highest BCUT2D eigenvalue weighted by Gasteiger charge is 2.28. The normalized spacial score (nSPS) is 20.8. The number of hydrogen-bond acceptors (Lipinski definition) is 3. The number of imidazole rings is 1. The fourth-order valence-corrected chi connectivity index (χ4v) is 4.46. The Morgan fingerprint density at radius 3 is 2.39 bits per heavy atom. The lowest BCUT2D eigenvalue weighted by atomic mass is 9.96. The third-order valence-corrected chi connectivity index (χ3v) is 6.15. The highest BCUT2D eigenvalue weighted by Crippen LogP contribution is 2.26. The molecule has 0 bridgehead atoms. The van der Waals surface area contributed by atoms with E-state index in [0.717, 1.165) is 77.1 Å². The number of aryl methyl sites for hydroxylation is 1. The van der Waals surface area contributed by atoms with Crippen LogP contribution in [0.25, 0.3) is 0 Å². The summed E-state index contributed by atoms with van der Waals surface area (Å²) in [6, 6.07) is 0. The number of amides is 2. The maximum absolute atomic E-state index is 12.8. The van der Waals surface area contributed by atoms with Gasteiger partial charge in [-0.15, -0.1) is 0 Å². The molecule has 0 aromatic carbocycles. The molecule has 6 nitrogen and oxygen atoms in total. The minimum Gasteiger partial charge on any atom is -0.343 e. The van der Waals surface area contributed by atoms with E-state index in [9.17, 15) is 9.59 Å². The van der Waals surface area contributed by atoms with Crippen LogP contribution in [0.15, 0.2) is 12.4 Å². The van der Waals surface area contributed by atoms with E-state index in [1.807, 2.05) is 16.0 Å². The Hall–Kier alpha value is -1.85. The van der Waals surface area contributed by atoms with E-state index in [4.69, 9.17) is 0 Å². The van der Waals surface area contributed by atoms with Gasteiger partial charge in [-0.05, 0) is 32.1 Å². The lowest BCUT2D eigenvalue weighted by Crippen LogP contribution is -2.40. The van der Waals surface area contributed by atoms with E-state index in [0.29, 0.717) is 18.8 Å². The SMILES string of the molecule is CCCCn1ccnc1[C@@H]1CCCN(C(=O)CCC(=O)N2CCCCCC2)C1. The van der Waals surface area contributed by atoms with Gasteiger partial charge in [0.2, 0.25) is 11.8 Å². The number of likely N-dealkylation sites (tertiary alicyclic amines) is 2. The van der Waals surface area contributed by atoms with Crippen LogP contribution in [-0.4, -0.2) is 57.3 Å². The molecule has 0 saturated carbocycles. The monoisotopic (exact) mass is 388 g/mol. The van der Waals surface area contributed by atoms with Gasteiger partial charge in [0.1, 0.15) is 5.82 Å². The number of aromatic nitrogens is 2. The summed E-state index contributed by atoms with van der Waals surface area (Å²) in [5.74, 6) is 1.70. The second kappa shape index (κ2) is 10.6. The van der Waals surface area contributed by atoms with Gasteiger partial charge in [0.05, 0.1) is 0 Å². The molecule has 2 amide bonds. The van der Waals surface area contributed by atoms with Crippen molar-refractivity contribution in [3.63, 3.8) is 0 Å². The van der Waals surface area contributed by atoms with Gasteiger partial charge in [-0.25, -0.2) is 4.98 Å². The van der Waals surface area contributed by atoms with Gasteiger partial charge in [0.15, 0.2) is 0 Å². The van der Waals surface area contributed by atoms with E-state index in [1.165, 1.54) is 12.8 Å². The Morgan fingerprint density at radius 2 is 1.68 bits per heavy atom. The minimum atomic E-state index is 0.125. The largest absolute Gasteiger partial charge is 0.343 e. The van der Waals surface area contributed by atoms with Crippen molar-refractivity contribution in [2.75, 3.05) is 26.2 Å². The summed E-state index contributed by atoms with van der Waals surface area (Å²) >= 11 is 0. The van der Waals surface area contributed by atoms with Gasteiger partial charge < -0.3 is 14.4 Å². The molecule has 6 heteroatoms. The fraction of sp³-hybridized carbons (Fsp3) is 0.773. The van der Waals surface area contributed by atoms with Gasteiger partial charge in [0, 0.05) is 63.9 Å². The molecule has 28 heavy (non-hydrogen) atoms. The number of nitrogens with zero attached hydrogens (tertiary/aromatic N) is 4. The van der Waals surface area contributed by atoms with Crippen molar-refractivity contribution in [2.45, 2.75) is 83.6 Å². The Labute approximate surface area is 169 Å². The molecule has 1 aromatic rings. The number of rotatable bonds is 7. The van der Waals surface area contributed by atoms with Crippen molar-refractivity contribution in [3.05, 3.63) is 18.2 Å². The maximum atomic E-state index is 12.8. The van der Waals surface area contributed by atoms with Gasteiger partial charge >= 0.3 is 0 Å². The van der Waals surface area contributed by atoms with Crippen LogP contribution in [-0.2, 0) is 16.1 Å². The van der Waals surface area contributed by atoms with Gasteiger partial charge in [-0.2, -0.15) is 0 Å². The van der Waals surface area contributed by atoms with Crippen molar-refractivity contribution < 1.29 is 9.59 Å². The molecule has 3 heterocycles. The number of carbonyl (C=O) groups excluding carboxylic acids is 2. The minimum absolute atomic E-state index is 0.125. The molecule has 2 saturated heterocycles. The first-order valence-electron chi connectivity index (χ1n) is 11.3. The second-order valence-corrected chi connectivity index (χ2v) is 8.31. The molecule has 3 rings (SSSR count). The van der Waals surface area contributed by atoms with Crippen molar-refractivity contribution >= 4 is 11.8 Å². The summed E-state index contributed by atoms with van der Waals surface area (Å²) in [4.78, 5) is 33.7. The average molecular weight is 389 g/mol. The first-order valence-corrected chi connectivity index (χ1v) is 11.3. The quantitative estimate of drug-likeness (QED) is 0.717. The van der Waals surface area contributed by atoms with Crippen LogP contribution in [0.4, 0.5) is 0 Å². The third kappa shape index (κ3) is 5.58. The van der Waals surface area contributed by atoms with Gasteiger partial charge in [-0.3, -0.25) is 9.59 Å². The number of unbranched alkanes of at least 4 members (excludes halogenated alkanes) is 1. The Kier molecular flexibility index (Phi) is 7.92. The Balaban J connectivity index is 1.50. The van der Waals surface area contributed by atoms with E-state index in [2.05, 4.69) is 22.7 Å². The summed E-state index contributed by atoms with van der Waals surface area (Å²) in [6.45, 7) is 6.46. The second-order valence-electron chi connectivity index (χ2n) is 8.31. The molecule has 156 valence electrons. The van der Waals surface area contributed by atoms with Crippen molar-refractivity contribution in [2.24, 2.45) is 0 Å². The predicted molar refractivity (Wildman–Crippen MR) is 110 cm³/mol. The molecule has 0 unspecified atom stereocenters. The molecule has 0 aliphatic carbocycles. The maximum Gasteiger partial charge on any atom is 0.223 e. The molecule has 2 fully saturated rings. The molecule has 0 radical (unpaired) electrons. The van der Waals surface area contributed by atoms with E-state index in [1.54, 1.807) is 0 Å².